The molecular formula is C26H31N3O2S. The minimum absolute atomic E-state index is 0.0429. The summed E-state index contributed by atoms with van der Waals surface area (Å²) in [5.41, 5.74) is 1.79. The second-order valence-corrected chi connectivity index (χ2v) is 9.04. The van der Waals surface area contributed by atoms with E-state index in [1.165, 1.54) is 0 Å². The monoisotopic (exact) mass is 449 g/mol. The maximum absolute atomic E-state index is 13.4. The number of hydrogen-bond donors (Lipinski definition) is 1. The molecule has 0 saturated heterocycles. The second-order valence-electron chi connectivity index (χ2n) is 8.00. The number of nitrogens with zero attached hydrogens (tertiary/aromatic N) is 2. The van der Waals surface area contributed by atoms with Crippen LogP contribution in [0.25, 0.3) is 0 Å². The molecule has 6 heteroatoms. The van der Waals surface area contributed by atoms with Crippen molar-refractivity contribution >= 4 is 29.0 Å². The molecule has 0 radical (unpaired) electrons. The molecule has 0 saturated carbocycles. The lowest BCUT2D eigenvalue weighted by Gasteiger charge is -2.29. The van der Waals surface area contributed by atoms with E-state index in [2.05, 4.69) is 19.2 Å². The van der Waals surface area contributed by atoms with Gasteiger partial charge in [-0.3, -0.25) is 4.79 Å². The van der Waals surface area contributed by atoms with E-state index in [4.69, 9.17) is 0 Å². The quantitative estimate of drug-likeness (QED) is 0.422. The molecule has 1 heterocycles. The van der Waals surface area contributed by atoms with Crippen molar-refractivity contribution in [2.75, 3.05) is 18.4 Å². The van der Waals surface area contributed by atoms with Gasteiger partial charge >= 0.3 is 6.03 Å². The summed E-state index contributed by atoms with van der Waals surface area (Å²) in [6, 6.07) is 23.1. The fraction of sp³-hybridized carbons (Fsp3) is 0.308. The summed E-state index contributed by atoms with van der Waals surface area (Å²) in [5, 5.41) is 4.95. The number of nitrogens with one attached hydrogen (secondary N) is 1. The highest BCUT2D eigenvalue weighted by molar-refractivity contribution is 7.09. The Morgan fingerprint density at radius 3 is 2.22 bits per heavy atom. The van der Waals surface area contributed by atoms with E-state index in [0.29, 0.717) is 25.6 Å². The SMILES string of the molecule is CCC(C)CN(CC(=O)N(Cc1ccccc1)Cc1cccs1)C(=O)Nc1ccccc1. The van der Waals surface area contributed by atoms with Crippen molar-refractivity contribution in [3.8, 4) is 0 Å². The number of hydrogen-bond acceptors (Lipinski definition) is 3. The second kappa shape index (κ2) is 12.1. The Balaban J connectivity index is 1.75. The summed E-state index contributed by atoms with van der Waals surface area (Å²) in [6.45, 7) is 5.80. The van der Waals surface area contributed by atoms with Crippen LogP contribution < -0.4 is 5.32 Å². The van der Waals surface area contributed by atoms with Crippen molar-refractivity contribution in [2.24, 2.45) is 5.92 Å². The molecule has 0 spiro atoms. The Morgan fingerprint density at radius 2 is 1.59 bits per heavy atom. The molecular weight excluding hydrogens is 418 g/mol. The fourth-order valence-corrected chi connectivity index (χ4v) is 4.06. The maximum Gasteiger partial charge on any atom is 0.322 e. The fourth-order valence-electron chi connectivity index (χ4n) is 3.34. The average molecular weight is 450 g/mol. The molecule has 2 aromatic carbocycles. The molecule has 1 aromatic heterocycles. The number of rotatable bonds is 10. The topological polar surface area (TPSA) is 52.7 Å². The highest BCUT2D eigenvalue weighted by atomic mass is 32.1. The van der Waals surface area contributed by atoms with Crippen molar-refractivity contribution < 1.29 is 9.59 Å². The lowest BCUT2D eigenvalue weighted by atomic mass is 10.1. The van der Waals surface area contributed by atoms with Gasteiger partial charge in [0.2, 0.25) is 5.91 Å². The van der Waals surface area contributed by atoms with Crippen molar-refractivity contribution in [1.29, 1.82) is 0 Å². The van der Waals surface area contributed by atoms with E-state index in [1.54, 1.807) is 16.2 Å². The zero-order chi connectivity index (χ0) is 22.8. The number of benzene rings is 2. The first-order chi connectivity index (χ1) is 15.5. The number of amides is 3. The summed E-state index contributed by atoms with van der Waals surface area (Å²) in [5.74, 6) is 0.234. The zero-order valence-electron chi connectivity index (χ0n) is 18.7. The molecule has 1 N–H and O–H groups in total. The van der Waals surface area contributed by atoms with E-state index in [0.717, 1.165) is 22.5 Å². The maximum atomic E-state index is 13.4. The summed E-state index contributed by atoms with van der Waals surface area (Å²) in [6.07, 6.45) is 0.937. The van der Waals surface area contributed by atoms with Crippen molar-refractivity contribution in [2.45, 2.75) is 33.4 Å². The third-order valence-electron chi connectivity index (χ3n) is 5.36. The Kier molecular flexibility index (Phi) is 8.87. The van der Waals surface area contributed by atoms with Gasteiger partial charge in [0.1, 0.15) is 6.54 Å². The molecule has 5 nitrogen and oxygen atoms in total. The van der Waals surface area contributed by atoms with Gasteiger partial charge in [0.05, 0.1) is 6.54 Å². The van der Waals surface area contributed by atoms with Gasteiger partial charge in [-0.05, 0) is 35.1 Å². The van der Waals surface area contributed by atoms with Crippen LogP contribution in [-0.4, -0.2) is 34.8 Å². The number of urea groups is 1. The normalized spacial score (nSPS) is 11.6. The summed E-state index contributed by atoms with van der Waals surface area (Å²) >= 11 is 1.63. The first kappa shape index (κ1) is 23.5. The van der Waals surface area contributed by atoms with Crippen LogP contribution >= 0.6 is 11.3 Å². The molecule has 1 atom stereocenters. The minimum atomic E-state index is -0.249. The third-order valence-corrected chi connectivity index (χ3v) is 6.22. The molecule has 1 unspecified atom stereocenters. The lowest BCUT2D eigenvalue weighted by Crippen LogP contribution is -2.45. The third kappa shape index (κ3) is 7.24. The van der Waals surface area contributed by atoms with Crippen LogP contribution in [-0.2, 0) is 17.9 Å². The first-order valence-electron chi connectivity index (χ1n) is 11.0. The average Bonchev–Trinajstić information content (AvgIpc) is 3.32. The first-order valence-corrected chi connectivity index (χ1v) is 11.9. The predicted octanol–water partition coefficient (Wildman–Crippen LogP) is 5.86. The molecule has 168 valence electrons. The van der Waals surface area contributed by atoms with E-state index < -0.39 is 0 Å². The van der Waals surface area contributed by atoms with E-state index in [-0.39, 0.29) is 18.5 Å². The number of carbonyl (C=O) groups excluding carboxylic acids is 2. The van der Waals surface area contributed by atoms with Crippen LogP contribution in [0.2, 0.25) is 0 Å². The van der Waals surface area contributed by atoms with Gasteiger partial charge in [-0.25, -0.2) is 4.79 Å². The van der Waals surface area contributed by atoms with Gasteiger partial charge in [0.25, 0.3) is 0 Å². The molecule has 3 rings (SSSR count). The van der Waals surface area contributed by atoms with E-state index in [1.807, 2.05) is 83.1 Å². The van der Waals surface area contributed by atoms with Gasteiger partial charge in [-0.15, -0.1) is 11.3 Å². The van der Waals surface area contributed by atoms with Gasteiger partial charge in [-0.1, -0.05) is 74.9 Å². The van der Waals surface area contributed by atoms with E-state index in [9.17, 15) is 9.59 Å². The molecule has 32 heavy (non-hydrogen) atoms. The van der Waals surface area contributed by atoms with Crippen LogP contribution in [0.15, 0.2) is 78.2 Å². The molecule has 0 aliphatic carbocycles. The molecule has 3 aromatic rings. The molecule has 0 fully saturated rings. The Bertz CT molecular complexity index is 961. The summed E-state index contributed by atoms with van der Waals surface area (Å²) in [7, 11) is 0. The van der Waals surface area contributed by atoms with Crippen LogP contribution in [0.3, 0.4) is 0 Å². The highest BCUT2D eigenvalue weighted by Crippen LogP contribution is 2.16. The number of anilines is 1. The molecule has 0 aliphatic heterocycles. The summed E-state index contributed by atoms with van der Waals surface area (Å²) < 4.78 is 0. The smallest absolute Gasteiger partial charge is 0.322 e. The Hall–Kier alpha value is -3.12. The van der Waals surface area contributed by atoms with Gasteiger partial charge in [0, 0.05) is 23.7 Å². The lowest BCUT2D eigenvalue weighted by molar-refractivity contribution is -0.133. The van der Waals surface area contributed by atoms with E-state index >= 15 is 0 Å². The standard InChI is InChI=1S/C26H31N3O2S/c1-3-21(2)17-29(26(31)27-23-13-8-5-9-14-23)20-25(30)28(19-24-15-10-16-32-24)18-22-11-6-4-7-12-22/h4-16,21H,3,17-20H2,1-2H3,(H,27,31). The number of thiophene rings is 1. The number of carbonyl (C=O) groups is 2. The van der Waals surface area contributed by atoms with Gasteiger partial charge in [0.15, 0.2) is 0 Å². The number of para-hydroxylation sites is 1. The van der Waals surface area contributed by atoms with Gasteiger partial charge < -0.3 is 15.1 Å². The van der Waals surface area contributed by atoms with Gasteiger partial charge in [-0.2, -0.15) is 0 Å². The minimum Gasteiger partial charge on any atom is -0.332 e. The zero-order valence-corrected chi connectivity index (χ0v) is 19.6. The highest BCUT2D eigenvalue weighted by Gasteiger charge is 2.23. The molecule has 0 bridgehead atoms. The molecule has 3 amide bonds. The Morgan fingerprint density at radius 1 is 0.906 bits per heavy atom. The van der Waals surface area contributed by atoms with Crippen LogP contribution in [0.4, 0.5) is 10.5 Å². The van der Waals surface area contributed by atoms with Crippen LogP contribution in [0.1, 0.15) is 30.7 Å². The van der Waals surface area contributed by atoms with Crippen molar-refractivity contribution in [3.63, 3.8) is 0 Å². The summed E-state index contributed by atoms with van der Waals surface area (Å²) in [4.78, 5) is 31.1. The Labute approximate surface area is 194 Å². The predicted molar refractivity (Wildman–Crippen MR) is 132 cm³/mol. The van der Waals surface area contributed by atoms with Crippen molar-refractivity contribution in [3.05, 3.63) is 88.6 Å². The van der Waals surface area contributed by atoms with Crippen LogP contribution in [0, 0.1) is 5.92 Å². The molecule has 0 aliphatic rings. The van der Waals surface area contributed by atoms with Crippen LogP contribution in [0.5, 0.6) is 0 Å². The van der Waals surface area contributed by atoms with Crippen molar-refractivity contribution in [1.82, 2.24) is 9.80 Å². The largest absolute Gasteiger partial charge is 0.332 e.